The third-order valence-electron chi connectivity index (χ3n) is 3.24. The van der Waals surface area contributed by atoms with Gasteiger partial charge in [0.15, 0.2) is 11.5 Å². The molecule has 7 heteroatoms. The molecule has 104 valence electrons. The Labute approximate surface area is 115 Å². The SMILES string of the molecule is COc1cccc2c1nc(N)n1nc(C(C)CO)nc21. The highest BCUT2D eigenvalue weighted by Gasteiger charge is 2.16. The first-order valence-electron chi connectivity index (χ1n) is 6.25. The minimum Gasteiger partial charge on any atom is -0.494 e. The number of hydrogen-bond donors (Lipinski definition) is 2. The zero-order valence-corrected chi connectivity index (χ0v) is 11.2. The molecule has 0 aliphatic rings. The molecule has 0 radical (unpaired) electrons. The van der Waals surface area contributed by atoms with Crippen molar-refractivity contribution >= 4 is 22.5 Å². The smallest absolute Gasteiger partial charge is 0.223 e. The maximum absolute atomic E-state index is 9.22. The number of methoxy groups -OCH3 is 1. The molecule has 7 nitrogen and oxygen atoms in total. The summed E-state index contributed by atoms with van der Waals surface area (Å²) in [6.45, 7) is 1.83. The molecule has 0 saturated carbocycles. The Morgan fingerprint density at radius 3 is 2.90 bits per heavy atom. The van der Waals surface area contributed by atoms with E-state index in [1.165, 1.54) is 4.52 Å². The second-order valence-corrected chi connectivity index (χ2v) is 4.62. The lowest BCUT2D eigenvalue weighted by Crippen LogP contribution is -2.04. The number of aliphatic hydroxyl groups excluding tert-OH is 1. The maximum atomic E-state index is 9.22. The van der Waals surface area contributed by atoms with Gasteiger partial charge in [-0.3, -0.25) is 0 Å². The molecule has 0 fully saturated rings. The fourth-order valence-corrected chi connectivity index (χ4v) is 2.10. The summed E-state index contributed by atoms with van der Waals surface area (Å²) < 4.78 is 6.78. The van der Waals surface area contributed by atoms with Crippen molar-refractivity contribution in [1.29, 1.82) is 0 Å². The third kappa shape index (κ3) is 1.75. The highest BCUT2D eigenvalue weighted by Crippen LogP contribution is 2.28. The lowest BCUT2D eigenvalue weighted by molar-refractivity contribution is 0.269. The number of nitrogens with two attached hydrogens (primary N) is 1. The summed E-state index contributed by atoms with van der Waals surface area (Å²) in [4.78, 5) is 8.79. The summed E-state index contributed by atoms with van der Waals surface area (Å²) >= 11 is 0. The van der Waals surface area contributed by atoms with Crippen LogP contribution in [0.5, 0.6) is 5.75 Å². The standard InChI is InChI=1S/C13H15N5O2/c1-7(6-19)11-16-12-8-4-3-5-9(20-2)10(8)15-13(14)18(12)17-11/h3-5,7,19H,6H2,1-2H3,(H2,14,15). The first kappa shape index (κ1) is 12.6. The minimum absolute atomic E-state index is 0.0224. The summed E-state index contributed by atoms with van der Waals surface area (Å²) in [5.74, 6) is 1.25. The summed E-state index contributed by atoms with van der Waals surface area (Å²) in [5.41, 5.74) is 7.19. The van der Waals surface area contributed by atoms with Crippen molar-refractivity contribution in [3.63, 3.8) is 0 Å². The molecule has 1 atom stereocenters. The van der Waals surface area contributed by atoms with Crippen molar-refractivity contribution in [1.82, 2.24) is 19.6 Å². The topological polar surface area (TPSA) is 98.6 Å². The second kappa shape index (κ2) is 4.61. The van der Waals surface area contributed by atoms with Gasteiger partial charge in [0.1, 0.15) is 11.3 Å². The van der Waals surface area contributed by atoms with E-state index in [0.29, 0.717) is 22.7 Å². The number of nitrogen functional groups attached to an aromatic ring is 1. The lowest BCUT2D eigenvalue weighted by Gasteiger charge is -2.06. The van der Waals surface area contributed by atoms with Crippen LogP contribution in [-0.4, -0.2) is 38.4 Å². The molecule has 20 heavy (non-hydrogen) atoms. The normalized spacial score (nSPS) is 12.9. The van der Waals surface area contributed by atoms with Crippen LogP contribution in [0.2, 0.25) is 0 Å². The van der Waals surface area contributed by atoms with Crippen LogP contribution in [0.3, 0.4) is 0 Å². The van der Waals surface area contributed by atoms with E-state index < -0.39 is 0 Å². The predicted octanol–water partition coefficient (Wildman–Crippen LogP) is 0.964. The Morgan fingerprint density at radius 2 is 2.20 bits per heavy atom. The van der Waals surface area contributed by atoms with Gasteiger partial charge in [0.25, 0.3) is 0 Å². The summed E-state index contributed by atoms with van der Waals surface area (Å²) in [7, 11) is 1.58. The predicted molar refractivity (Wildman–Crippen MR) is 74.8 cm³/mol. The van der Waals surface area contributed by atoms with Gasteiger partial charge in [0.2, 0.25) is 5.95 Å². The van der Waals surface area contributed by atoms with E-state index in [-0.39, 0.29) is 18.5 Å². The minimum atomic E-state index is -0.157. The van der Waals surface area contributed by atoms with Gasteiger partial charge in [-0.2, -0.15) is 4.52 Å². The highest BCUT2D eigenvalue weighted by atomic mass is 16.5. The van der Waals surface area contributed by atoms with Crippen LogP contribution in [0.25, 0.3) is 16.6 Å². The largest absolute Gasteiger partial charge is 0.494 e. The van der Waals surface area contributed by atoms with E-state index in [4.69, 9.17) is 10.5 Å². The molecule has 0 aliphatic heterocycles. The zero-order valence-electron chi connectivity index (χ0n) is 11.2. The van der Waals surface area contributed by atoms with Crippen molar-refractivity contribution in [3.8, 4) is 5.75 Å². The van der Waals surface area contributed by atoms with Gasteiger partial charge < -0.3 is 15.6 Å². The van der Waals surface area contributed by atoms with E-state index >= 15 is 0 Å². The average Bonchev–Trinajstić information content (AvgIpc) is 2.92. The van der Waals surface area contributed by atoms with Crippen LogP contribution in [0.4, 0.5) is 5.95 Å². The molecule has 2 heterocycles. The quantitative estimate of drug-likeness (QED) is 0.737. The van der Waals surface area contributed by atoms with Crippen molar-refractivity contribution < 1.29 is 9.84 Å². The van der Waals surface area contributed by atoms with Gasteiger partial charge in [0.05, 0.1) is 13.7 Å². The first-order valence-corrected chi connectivity index (χ1v) is 6.25. The lowest BCUT2D eigenvalue weighted by atomic mass is 10.2. The molecule has 3 rings (SSSR count). The van der Waals surface area contributed by atoms with Crippen molar-refractivity contribution in [2.75, 3.05) is 19.5 Å². The Kier molecular flexibility index (Phi) is 2.90. The molecule has 2 aromatic heterocycles. The summed E-state index contributed by atoms with van der Waals surface area (Å²) in [6.07, 6.45) is 0. The van der Waals surface area contributed by atoms with Crippen LogP contribution in [0.15, 0.2) is 18.2 Å². The van der Waals surface area contributed by atoms with Crippen molar-refractivity contribution in [2.45, 2.75) is 12.8 Å². The highest BCUT2D eigenvalue weighted by molar-refractivity contribution is 5.95. The van der Waals surface area contributed by atoms with E-state index in [0.717, 1.165) is 5.39 Å². The van der Waals surface area contributed by atoms with Crippen LogP contribution in [0.1, 0.15) is 18.7 Å². The number of anilines is 1. The van der Waals surface area contributed by atoms with Crippen molar-refractivity contribution in [2.24, 2.45) is 0 Å². The fourth-order valence-electron chi connectivity index (χ4n) is 2.10. The Morgan fingerprint density at radius 1 is 1.40 bits per heavy atom. The van der Waals surface area contributed by atoms with Crippen LogP contribution >= 0.6 is 0 Å². The van der Waals surface area contributed by atoms with Crippen LogP contribution in [-0.2, 0) is 0 Å². The molecule has 0 spiro atoms. The van der Waals surface area contributed by atoms with Gasteiger partial charge in [-0.1, -0.05) is 13.0 Å². The molecule has 3 N–H and O–H groups in total. The number of para-hydroxylation sites is 1. The number of aromatic nitrogens is 4. The number of ether oxygens (including phenoxy) is 1. The van der Waals surface area contributed by atoms with E-state index in [1.807, 2.05) is 25.1 Å². The first-order chi connectivity index (χ1) is 9.65. The molecular formula is C13H15N5O2. The summed E-state index contributed by atoms with van der Waals surface area (Å²) in [6, 6.07) is 5.57. The fraction of sp³-hybridized carbons (Fsp3) is 0.308. The van der Waals surface area contributed by atoms with Crippen molar-refractivity contribution in [3.05, 3.63) is 24.0 Å². The van der Waals surface area contributed by atoms with Gasteiger partial charge in [-0.15, -0.1) is 5.10 Å². The number of aliphatic hydroxyl groups is 1. The molecule has 3 aromatic rings. The van der Waals surface area contributed by atoms with E-state index in [2.05, 4.69) is 15.1 Å². The average molecular weight is 273 g/mol. The molecule has 0 amide bonds. The van der Waals surface area contributed by atoms with E-state index in [1.54, 1.807) is 7.11 Å². The van der Waals surface area contributed by atoms with Gasteiger partial charge >= 0.3 is 0 Å². The zero-order chi connectivity index (χ0) is 14.3. The van der Waals surface area contributed by atoms with Gasteiger partial charge in [-0.25, -0.2) is 9.97 Å². The third-order valence-corrected chi connectivity index (χ3v) is 3.24. The number of hydrogen-bond acceptors (Lipinski definition) is 6. The Bertz CT molecular complexity index is 783. The number of rotatable bonds is 3. The van der Waals surface area contributed by atoms with Crippen LogP contribution in [0, 0.1) is 0 Å². The second-order valence-electron chi connectivity index (χ2n) is 4.62. The molecule has 0 saturated heterocycles. The van der Waals surface area contributed by atoms with Gasteiger partial charge in [-0.05, 0) is 12.1 Å². The summed E-state index contributed by atoms with van der Waals surface area (Å²) in [5, 5.41) is 14.3. The van der Waals surface area contributed by atoms with Gasteiger partial charge in [0, 0.05) is 11.3 Å². The van der Waals surface area contributed by atoms with E-state index in [9.17, 15) is 5.11 Å². The number of fused-ring (bicyclic) bond motifs is 3. The molecule has 1 aromatic carbocycles. The number of benzene rings is 1. The van der Waals surface area contributed by atoms with Crippen LogP contribution < -0.4 is 10.5 Å². The molecule has 0 aliphatic carbocycles. The molecule has 0 bridgehead atoms. The molecule has 1 unspecified atom stereocenters. The Hall–Kier alpha value is -2.41. The maximum Gasteiger partial charge on any atom is 0.223 e. The number of nitrogens with zero attached hydrogens (tertiary/aromatic N) is 4. The molecular weight excluding hydrogens is 258 g/mol. The monoisotopic (exact) mass is 273 g/mol. The Balaban J connectivity index is 2.38.